The van der Waals surface area contributed by atoms with E-state index in [0.29, 0.717) is 0 Å². The van der Waals surface area contributed by atoms with Gasteiger partial charge >= 0.3 is 5.97 Å². The Bertz CT molecular complexity index is 507. The second-order valence-electron chi connectivity index (χ2n) is 5.21. The van der Waals surface area contributed by atoms with Gasteiger partial charge in [-0.2, -0.15) is 0 Å². The van der Waals surface area contributed by atoms with Crippen LogP contribution in [-0.2, 0) is 9.53 Å². The van der Waals surface area contributed by atoms with E-state index in [1.54, 1.807) is 20.8 Å². The van der Waals surface area contributed by atoms with Crippen LogP contribution in [0.4, 0.5) is 8.78 Å². The van der Waals surface area contributed by atoms with Crippen molar-refractivity contribution in [3.05, 3.63) is 29.6 Å². The quantitative estimate of drug-likeness (QED) is 0.861. The molecule has 1 heterocycles. The predicted octanol–water partition coefficient (Wildman–Crippen LogP) is 1.82. The van der Waals surface area contributed by atoms with Gasteiger partial charge in [-0.15, -0.1) is 0 Å². The van der Waals surface area contributed by atoms with Gasteiger partial charge in [0.2, 0.25) is 0 Å². The number of esters is 1. The summed E-state index contributed by atoms with van der Waals surface area (Å²) in [5.41, 5.74) is -1.50. The van der Waals surface area contributed by atoms with Gasteiger partial charge in [0, 0.05) is 0 Å². The SMILES string of the molecule is C[C@H](NC(=O)c1c(F)cncc1F)C(=O)OC(C)(C)C. The van der Waals surface area contributed by atoms with Crippen molar-refractivity contribution >= 4 is 11.9 Å². The molecule has 1 atom stereocenters. The summed E-state index contributed by atoms with van der Waals surface area (Å²) < 4.78 is 31.7. The number of carbonyl (C=O) groups excluding carboxylic acids is 2. The van der Waals surface area contributed by atoms with Crippen LogP contribution in [0.5, 0.6) is 0 Å². The van der Waals surface area contributed by atoms with E-state index in [0.717, 1.165) is 12.4 Å². The van der Waals surface area contributed by atoms with Crippen molar-refractivity contribution in [1.29, 1.82) is 0 Å². The van der Waals surface area contributed by atoms with Gasteiger partial charge in [0.15, 0.2) is 11.6 Å². The fraction of sp³-hybridized carbons (Fsp3) is 0.462. The van der Waals surface area contributed by atoms with Crippen molar-refractivity contribution in [2.75, 3.05) is 0 Å². The Balaban J connectivity index is 2.78. The van der Waals surface area contributed by atoms with Crippen LogP contribution in [0.2, 0.25) is 0 Å². The molecule has 20 heavy (non-hydrogen) atoms. The number of amides is 1. The second kappa shape index (κ2) is 5.94. The van der Waals surface area contributed by atoms with Gasteiger partial charge in [-0.05, 0) is 27.7 Å². The monoisotopic (exact) mass is 286 g/mol. The largest absolute Gasteiger partial charge is 0.458 e. The topological polar surface area (TPSA) is 68.3 Å². The van der Waals surface area contributed by atoms with Crippen molar-refractivity contribution in [2.45, 2.75) is 39.3 Å². The molecule has 5 nitrogen and oxygen atoms in total. The van der Waals surface area contributed by atoms with Crippen LogP contribution >= 0.6 is 0 Å². The summed E-state index contributed by atoms with van der Waals surface area (Å²) in [4.78, 5) is 26.7. The lowest BCUT2D eigenvalue weighted by atomic mass is 10.2. The normalized spacial score (nSPS) is 12.7. The van der Waals surface area contributed by atoms with Crippen LogP contribution in [0.25, 0.3) is 0 Å². The van der Waals surface area contributed by atoms with E-state index in [1.165, 1.54) is 6.92 Å². The summed E-state index contributed by atoms with van der Waals surface area (Å²) in [6.07, 6.45) is 1.44. The third-order valence-electron chi connectivity index (χ3n) is 2.19. The van der Waals surface area contributed by atoms with E-state index >= 15 is 0 Å². The lowest BCUT2D eigenvalue weighted by molar-refractivity contribution is -0.156. The molecule has 0 aliphatic heterocycles. The van der Waals surface area contributed by atoms with Crippen molar-refractivity contribution < 1.29 is 23.1 Å². The molecule has 0 aliphatic carbocycles. The zero-order chi connectivity index (χ0) is 15.5. The number of pyridine rings is 1. The van der Waals surface area contributed by atoms with E-state index in [-0.39, 0.29) is 0 Å². The maximum absolute atomic E-state index is 13.3. The third-order valence-corrected chi connectivity index (χ3v) is 2.19. The fourth-order valence-electron chi connectivity index (χ4n) is 1.35. The highest BCUT2D eigenvalue weighted by Crippen LogP contribution is 2.12. The minimum atomic E-state index is -1.10. The van der Waals surface area contributed by atoms with E-state index in [1.807, 2.05) is 0 Å². The van der Waals surface area contributed by atoms with Crippen molar-refractivity contribution in [2.24, 2.45) is 0 Å². The van der Waals surface area contributed by atoms with Gasteiger partial charge in [0.25, 0.3) is 5.91 Å². The maximum atomic E-state index is 13.3. The average Bonchev–Trinajstić information content (AvgIpc) is 2.26. The molecule has 0 saturated carbocycles. The standard InChI is InChI=1S/C13H16F2N2O3/c1-7(12(19)20-13(2,3)4)17-11(18)10-8(14)5-16-6-9(10)15/h5-7H,1-4H3,(H,17,18)/t7-/m0/s1. The number of nitrogens with zero attached hydrogens (tertiary/aromatic N) is 1. The van der Waals surface area contributed by atoms with Crippen molar-refractivity contribution in [3.63, 3.8) is 0 Å². The first-order valence-corrected chi connectivity index (χ1v) is 5.94. The van der Waals surface area contributed by atoms with E-state index in [4.69, 9.17) is 4.74 Å². The first kappa shape index (κ1) is 16.0. The predicted molar refractivity (Wildman–Crippen MR) is 66.9 cm³/mol. The molecule has 1 N–H and O–H groups in total. The summed E-state index contributed by atoms with van der Waals surface area (Å²) in [6.45, 7) is 6.37. The molecule has 0 aromatic carbocycles. The summed E-state index contributed by atoms with van der Waals surface area (Å²) in [5.74, 6) is -3.93. The molecular weight excluding hydrogens is 270 g/mol. The highest BCUT2D eigenvalue weighted by Gasteiger charge is 2.25. The van der Waals surface area contributed by atoms with Crippen LogP contribution in [0.1, 0.15) is 38.1 Å². The smallest absolute Gasteiger partial charge is 0.328 e. The Labute approximate surface area is 115 Å². The first-order chi connectivity index (χ1) is 9.11. The molecule has 1 aromatic heterocycles. The minimum Gasteiger partial charge on any atom is -0.458 e. The minimum absolute atomic E-state index is 0.694. The number of ether oxygens (including phenoxy) is 1. The molecule has 110 valence electrons. The Kier molecular flexibility index (Phi) is 4.75. The van der Waals surface area contributed by atoms with E-state index < -0.39 is 40.7 Å². The number of aromatic nitrogens is 1. The van der Waals surface area contributed by atoms with Crippen molar-refractivity contribution in [3.8, 4) is 0 Å². The number of halogens is 2. The summed E-state index contributed by atoms with van der Waals surface area (Å²) >= 11 is 0. The molecule has 0 aliphatic rings. The Hall–Kier alpha value is -2.05. The molecule has 0 radical (unpaired) electrons. The van der Waals surface area contributed by atoms with Crippen LogP contribution in [0.3, 0.4) is 0 Å². The van der Waals surface area contributed by atoms with Crippen LogP contribution in [0.15, 0.2) is 12.4 Å². The lowest BCUT2D eigenvalue weighted by Gasteiger charge is -2.22. The Morgan fingerprint density at radius 2 is 1.75 bits per heavy atom. The summed E-state index contributed by atoms with van der Waals surface area (Å²) in [6, 6.07) is -1.03. The van der Waals surface area contributed by atoms with Crippen LogP contribution in [-0.4, -0.2) is 28.5 Å². The van der Waals surface area contributed by atoms with Gasteiger partial charge in [0.05, 0.1) is 12.4 Å². The summed E-state index contributed by atoms with van der Waals surface area (Å²) in [7, 11) is 0. The summed E-state index contributed by atoms with van der Waals surface area (Å²) in [5, 5.41) is 2.18. The number of carbonyl (C=O) groups is 2. The molecule has 7 heteroatoms. The molecule has 0 fully saturated rings. The van der Waals surface area contributed by atoms with Gasteiger partial charge in [-0.3, -0.25) is 9.78 Å². The molecule has 0 saturated heterocycles. The molecule has 1 aromatic rings. The number of hydrogen-bond donors (Lipinski definition) is 1. The van der Waals surface area contributed by atoms with E-state index in [9.17, 15) is 18.4 Å². The zero-order valence-corrected chi connectivity index (χ0v) is 11.7. The number of nitrogens with one attached hydrogen (secondary N) is 1. The molecule has 0 bridgehead atoms. The highest BCUT2D eigenvalue weighted by molar-refractivity contribution is 5.97. The molecular formula is C13H16F2N2O3. The number of rotatable bonds is 3. The third kappa shape index (κ3) is 4.25. The highest BCUT2D eigenvalue weighted by atomic mass is 19.1. The Morgan fingerprint density at radius 3 is 2.20 bits per heavy atom. The van der Waals surface area contributed by atoms with Crippen LogP contribution in [0, 0.1) is 11.6 Å². The second-order valence-corrected chi connectivity index (χ2v) is 5.21. The Morgan fingerprint density at radius 1 is 1.25 bits per heavy atom. The number of hydrogen-bond acceptors (Lipinski definition) is 4. The lowest BCUT2D eigenvalue weighted by Crippen LogP contribution is -2.42. The van der Waals surface area contributed by atoms with Crippen molar-refractivity contribution in [1.82, 2.24) is 10.3 Å². The van der Waals surface area contributed by atoms with Gasteiger partial charge in [-0.25, -0.2) is 13.6 Å². The van der Waals surface area contributed by atoms with Gasteiger partial charge < -0.3 is 10.1 Å². The zero-order valence-electron chi connectivity index (χ0n) is 11.7. The molecule has 1 amide bonds. The molecule has 0 unspecified atom stereocenters. The molecule has 0 spiro atoms. The molecule has 1 rings (SSSR count). The maximum Gasteiger partial charge on any atom is 0.328 e. The average molecular weight is 286 g/mol. The van der Waals surface area contributed by atoms with Crippen LogP contribution < -0.4 is 5.32 Å². The van der Waals surface area contributed by atoms with Gasteiger partial charge in [-0.1, -0.05) is 0 Å². The fourth-order valence-corrected chi connectivity index (χ4v) is 1.35. The first-order valence-electron chi connectivity index (χ1n) is 5.94. The van der Waals surface area contributed by atoms with E-state index in [2.05, 4.69) is 10.3 Å². The van der Waals surface area contributed by atoms with Gasteiger partial charge in [0.1, 0.15) is 17.2 Å².